The minimum absolute atomic E-state index is 0.722. The molecule has 1 aliphatic heterocycles. The smallest absolute Gasteiger partial charge is 0.122 e. The highest BCUT2D eigenvalue weighted by Crippen LogP contribution is 2.30. The molecule has 0 unspecified atom stereocenters. The Morgan fingerprint density at radius 3 is 2.94 bits per heavy atom. The van der Waals surface area contributed by atoms with Gasteiger partial charge >= 0.3 is 0 Å². The quantitative estimate of drug-likeness (QED) is 0.797. The average Bonchev–Trinajstić information content (AvgIpc) is 3.16. The van der Waals surface area contributed by atoms with E-state index in [-0.39, 0.29) is 0 Å². The van der Waals surface area contributed by atoms with Crippen molar-refractivity contribution in [3.05, 3.63) is 18.2 Å². The van der Waals surface area contributed by atoms with E-state index < -0.39 is 0 Å². The van der Waals surface area contributed by atoms with E-state index in [2.05, 4.69) is 21.5 Å². The largest absolute Gasteiger partial charge is 0.381 e. The minimum Gasteiger partial charge on any atom is -0.381 e. The van der Waals surface area contributed by atoms with E-state index in [1.807, 2.05) is 12.4 Å². The third-order valence-electron chi connectivity index (χ3n) is 4.08. The van der Waals surface area contributed by atoms with E-state index in [0.29, 0.717) is 0 Å². The number of rotatable bonds is 5. The van der Waals surface area contributed by atoms with Crippen LogP contribution < -0.4 is 0 Å². The molecule has 0 amide bonds. The summed E-state index contributed by atoms with van der Waals surface area (Å²) in [6, 6.07) is 0.795. The standard InChI is InChI=1S/C14H23N3O/c1-16-7-6-15-14(16)10-17(13-4-5-13)9-12-3-2-8-18-11-12/h6-7,12-13H,2-5,8-11H2,1H3/t12-/m0/s1. The van der Waals surface area contributed by atoms with Crippen LogP contribution >= 0.6 is 0 Å². The Kier molecular flexibility index (Phi) is 3.66. The normalized spacial score (nSPS) is 24.7. The Hall–Kier alpha value is -0.870. The van der Waals surface area contributed by atoms with Gasteiger partial charge in [-0.3, -0.25) is 4.90 Å². The lowest BCUT2D eigenvalue weighted by molar-refractivity contribution is 0.0353. The Balaban J connectivity index is 1.59. The molecule has 1 saturated carbocycles. The maximum Gasteiger partial charge on any atom is 0.122 e. The van der Waals surface area contributed by atoms with Crippen LogP contribution in [-0.4, -0.2) is 40.3 Å². The molecule has 1 atom stereocenters. The molecule has 2 fully saturated rings. The molecule has 2 aliphatic rings. The number of imidazole rings is 1. The van der Waals surface area contributed by atoms with Crippen LogP contribution in [0.2, 0.25) is 0 Å². The molecule has 0 spiro atoms. The second-order valence-electron chi connectivity index (χ2n) is 5.70. The number of hydrogen-bond donors (Lipinski definition) is 0. The van der Waals surface area contributed by atoms with Crippen molar-refractivity contribution in [1.82, 2.24) is 14.5 Å². The van der Waals surface area contributed by atoms with Crippen molar-refractivity contribution >= 4 is 0 Å². The van der Waals surface area contributed by atoms with E-state index in [9.17, 15) is 0 Å². The highest BCUT2D eigenvalue weighted by atomic mass is 16.5. The van der Waals surface area contributed by atoms with Gasteiger partial charge in [-0.25, -0.2) is 4.98 Å². The van der Waals surface area contributed by atoms with Crippen molar-refractivity contribution in [1.29, 1.82) is 0 Å². The molecule has 100 valence electrons. The zero-order valence-corrected chi connectivity index (χ0v) is 11.2. The van der Waals surface area contributed by atoms with Gasteiger partial charge in [0.05, 0.1) is 13.2 Å². The molecule has 1 saturated heterocycles. The van der Waals surface area contributed by atoms with E-state index >= 15 is 0 Å². The fourth-order valence-electron chi connectivity index (χ4n) is 2.80. The van der Waals surface area contributed by atoms with Gasteiger partial charge in [0.25, 0.3) is 0 Å². The van der Waals surface area contributed by atoms with Crippen LogP contribution in [0.3, 0.4) is 0 Å². The van der Waals surface area contributed by atoms with Crippen molar-refractivity contribution in [3.63, 3.8) is 0 Å². The Labute approximate surface area is 109 Å². The van der Waals surface area contributed by atoms with E-state index in [1.54, 1.807) is 0 Å². The predicted octanol–water partition coefficient (Wildman–Crippen LogP) is 1.81. The third-order valence-corrected chi connectivity index (χ3v) is 4.08. The van der Waals surface area contributed by atoms with Crippen LogP contribution in [0.4, 0.5) is 0 Å². The van der Waals surface area contributed by atoms with Crippen LogP contribution in [0.15, 0.2) is 12.4 Å². The summed E-state index contributed by atoms with van der Waals surface area (Å²) in [6.07, 6.45) is 9.19. The number of aryl methyl sites for hydroxylation is 1. The van der Waals surface area contributed by atoms with Crippen LogP contribution in [0.5, 0.6) is 0 Å². The van der Waals surface area contributed by atoms with Crippen LogP contribution in [0.25, 0.3) is 0 Å². The molecule has 0 aromatic carbocycles. The molecule has 1 aromatic heterocycles. The van der Waals surface area contributed by atoms with Gasteiger partial charge in [0.2, 0.25) is 0 Å². The van der Waals surface area contributed by atoms with Crippen LogP contribution in [0, 0.1) is 5.92 Å². The fourth-order valence-corrected chi connectivity index (χ4v) is 2.80. The molecule has 2 heterocycles. The van der Waals surface area contributed by atoms with Crippen molar-refractivity contribution in [3.8, 4) is 0 Å². The number of ether oxygens (including phenoxy) is 1. The first-order chi connectivity index (χ1) is 8.83. The fraction of sp³-hybridized carbons (Fsp3) is 0.786. The van der Waals surface area contributed by atoms with Crippen LogP contribution in [-0.2, 0) is 18.3 Å². The second kappa shape index (κ2) is 5.41. The molecule has 1 aliphatic carbocycles. The molecule has 3 rings (SSSR count). The summed E-state index contributed by atoms with van der Waals surface area (Å²) in [5.74, 6) is 1.90. The molecule has 4 nitrogen and oxygen atoms in total. The molecular weight excluding hydrogens is 226 g/mol. The molecule has 0 N–H and O–H groups in total. The van der Waals surface area contributed by atoms with Crippen molar-refractivity contribution in [2.24, 2.45) is 13.0 Å². The first-order valence-electron chi connectivity index (χ1n) is 7.11. The molecule has 0 radical (unpaired) electrons. The lowest BCUT2D eigenvalue weighted by Crippen LogP contribution is -2.35. The molecule has 0 bridgehead atoms. The highest BCUT2D eigenvalue weighted by Gasteiger charge is 2.31. The van der Waals surface area contributed by atoms with Gasteiger partial charge in [0, 0.05) is 38.6 Å². The van der Waals surface area contributed by atoms with Gasteiger partial charge < -0.3 is 9.30 Å². The predicted molar refractivity (Wildman–Crippen MR) is 70.2 cm³/mol. The van der Waals surface area contributed by atoms with Crippen molar-refractivity contribution < 1.29 is 4.74 Å². The third kappa shape index (κ3) is 2.93. The Morgan fingerprint density at radius 2 is 2.33 bits per heavy atom. The molecule has 1 aromatic rings. The highest BCUT2D eigenvalue weighted by molar-refractivity contribution is 4.95. The summed E-state index contributed by atoms with van der Waals surface area (Å²) in [5.41, 5.74) is 0. The zero-order valence-electron chi connectivity index (χ0n) is 11.2. The summed E-state index contributed by atoms with van der Waals surface area (Å²) < 4.78 is 7.73. The SMILES string of the molecule is Cn1ccnc1CN(C[C@@H]1CCCOC1)C1CC1. The molecular formula is C14H23N3O. The summed E-state index contributed by atoms with van der Waals surface area (Å²) >= 11 is 0. The summed E-state index contributed by atoms with van der Waals surface area (Å²) in [5, 5.41) is 0. The van der Waals surface area contributed by atoms with Gasteiger partial charge in [-0.05, 0) is 31.6 Å². The first-order valence-corrected chi connectivity index (χ1v) is 7.11. The topological polar surface area (TPSA) is 30.3 Å². The summed E-state index contributed by atoms with van der Waals surface area (Å²) in [4.78, 5) is 7.06. The van der Waals surface area contributed by atoms with Gasteiger partial charge in [-0.15, -0.1) is 0 Å². The first kappa shape index (κ1) is 12.2. The number of aromatic nitrogens is 2. The molecule has 18 heavy (non-hydrogen) atoms. The maximum atomic E-state index is 5.59. The minimum atomic E-state index is 0.722. The average molecular weight is 249 g/mol. The van der Waals surface area contributed by atoms with E-state index in [4.69, 9.17) is 4.74 Å². The maximum absolute atomic E-state index is 5.59. The molecule has 4 heteroatoms. The van der Waals surface area contributed by atoms with E-state index in [0.717, 1.165) is 31.7 Å². The Bertz CT molecular complexity index is 380. The van der Waals surface area contributed by atoms with Crippen molar-refractivity contribution in [2.45, 2.75) is 38.3 Å². The van der Waals surface area contributed by atoms with Crippen molar-refractivity contribution in [2.75, 3.05) is 19.8 Å². The number of hydrogen-bond acceptors (Lipinski definition) is 3. The summed E-state index contributed by atoms with van der Waals surface area (Å²) in [6.45, 7) is 4.07. The monoisotopic (exact) mass is 249 g/mol. The Morgan fingerprint density at radius 1 is 1.44 bits per heavy atom. The van der Waals surface area contributed by atoms with Gasteiger partial charge in [-0.1, -0.05) is 0 Å². The van der Waals surface area contributed by atoms with Crippen LogP contribution in [0.1, 0.15) is 31.5 Å². The number of nitrogens with zero attached hydrogens (tertiary/aromatic N) is 3. The lowest BCUT2D eigenvalue weighted by Gasteiger charge is -2.29. The second-order valence-corrected chi connectivity index (χ2v) is 5.70. The van der Waals surface area contributed by atoms with Gasteiger partial charge in [0.15, 0.2) is 0 Å². The van der Waals surface area contributed by atoms with E-state index in [1.165, 1.54) is 38.1 Å². The lowest BCUT2D eigenvalue weighted by atomic mass is 10.0. The zero-order chi connectivity index (χ0) is 12.4. The summed E-state index contributed by atoms with van der Waals surface area (Å²) in [7, 11) is 2.08. The van der Waals surface area contributed by atoms with Gasteiger partial charge in [0.1, 0.15) is 5.82 Å². The van der Waals surface area contributed by atoms with Gasteiger partial charge in [-0.2, -0.15) is 0 Å².